The van der Waals surface area contributed by atoms with E-state index in [0.717, 1.165) is 0 Å². The molecule has 60 valence electrons. The van der Waals surface area contributed by atoms with Crippen LogP contribution in [0.15, 0.2) is 0 Å². The minimum Gasteiger partial charge on any atom is -0.393 e. The molecule has 0 saturated heterocycles. The van der Waals surface area contributed by atoms with Gasteiger partial charge in [0.15, 0.2) is 0 Å². The SMILES string of the molecule is CC.CC(=O)OC(=O)CI. The van der Waals surface area contributed by atoms with Crippen molar-refractivity contribution in [3.63, 3.8) is 0 Å². The molecule has 0 spiro atoms. The second kappa shape index (κ2) is 8.87. The summed E-state index contributed by atoms with van der Waals surface area (Å²) in [5.41, 5.74) is 0. The first kappa shape index (κ1) is 12.5. The van der Waals surface area contributed by atoms with Gasteiger partial charge in [-0.3, -0.25) is 9.59 Å². The number of hydrogen-bond donors (Lipinski definition) is 0. The van der Waals surface area contributed by atoms with Gasteiger partial charge in [-0.15, -0.1) is 0 Å². The van der Waals surface area contributed by atoms with Crippen LogP contribution < -0.4 is 0 Å². The average molecular weight is 258 g/mol. The van der Waals surface area contributed by atoms with Crippen molar-refractivity contribution in [2.75, 3.05) is 4.43 Å². The van der Waals surface area contributed by atoms with Crippen molar-refractivity contribution in [3.8, 4) is 0 Å². The van der Waals surface area contributed by atoms with Crippen LogP contribution in [0.1, 0.15) is 20.8 Å². The molecule has 0 saturated carbocycles. The average Bonchev–Trinajstić information content (AvgIpc) is 1.91. The van der Waals surface area contributed by atoms with Crippen molar-refractivity contribution in [1.82, 2.24) is 0 Å². The van der Waals surface area contributed by atoms with Crippen molar-refractivity contribution in [1.29, 1.82) is 0 Å². The summed E-state index contributed by atoms with van der Waals surface area (Å²) in [6, 6.07) is 0. The molecule has 4 heteroatoms. The highest BCUT2D eigenvalue weighted by molar-refractivity contribution is 14.1. The molecule has 0 rings (SSSR count). The molecular formula is C6H11IO3. The number of halogens is 1. The van der Waals surface area contributed by atoms with Gasteiger partial charge in [0.05, 0.1) is 4.43 Å². The molecule has 0 N–H and O–H groups in total. The van der Waals surface area contributed by atoms with Crippen LogP contribution in [0.2, 0.25) is 0 Å². The van der Waals surface area contributed by atoms with Crippen LogP contribution in [-0.2, 0) is 14.3 Å². The lowest BCUT2D eigenvalue weighted by molar-refractivity contribution is -0.155. The second-order valence-corrected chi connectivity index (χ2v) is 1.86. The third-order valence-electron chi connectivity index (χ3n) is 0.367. The molecular weight excluding hydrogens is 247 g/mol. The Morgan fingerprint density at radius 2 is 1.80 bits per heavy atom. The maximum atomic E-state index is 10.2. The Morgan fingerprint density at radius 1 is 1.40 bits per heavy atom. The fourth-order valence-corrected chi connectivity index (χ4v) is 0.343. The highest BCUT2D eigenvalue weighted by atomic mass is 127. The van der Waals surface area contributed by atoms with Crippen LogP contribution >= 0.6 is 22.6 Å². The van der Waals surface area contributed by atoms with E-state index in [4.69, 9.17) is 0 Å². The van der Waals surface area contributed by atoms with Gasteiger partial charge in [-0.2, -0.15) is 0 Å². The molecule has 0 heterocycles. The van der Waals surface area contributed by atoms with Crippen LogP contribution in [0.5, 0.6) is 0 Å². The largest absolute Gasteiger partial charge is 0.393 e. The molecule has 0 atom stereocenters. The molecule has 0 bridgehead atoms. The second-order valence-electron chi connectivity index (χ2n) is 1.10. The van der Waals surface area contributed by atoms with Gasteiger partial charge < -0.3 is 4.74 Å². The zero-order valence-corrected chi connectivity index (χ0v) is 8.47. The predicted molar refractivity (Wildman–Crippen MR) is 47.0 cm³/mol. The molecule has 3 nitrogen and oxygen atoms in total. The number of rotatable bonds is 1. The Morgan fingerprint density at radius 3 is 1.90 bits per heavy atom. The zero-order chi connectivity index (χ0) is 8.57. The van der Waals surface area contributed by atoms with Gasteiger partial charge in [-0.25, -0.2) is 0 Å². The maximum Gasteiger partial charge on any atom is 0.323 e. The van der Waals surface area contributed by atoms with E-state index in [1.54, 1.807) is 0 Å². The van der Waals surface area contributed by atoms with E-state index >= 15 is 0 Å². The molecule has 0 aliphatic rings. The zero-order valence-electron chi connectivity index (χ0n) is 6.31. The fraction of sp³-hybridized carbons (Fsp3) is 0.667. The van der Waals surface area contributed by atoms with Gasteiger partial charge in [-0.05, 0) is 0 Å². The van der Waals surface area contributed by atoms with Gasteiger partial charge in [0.25, 0.3) is 0 Å². The minimum atomic E-state index is -0.549. The third-order valence-corrected chi connectivity index (χ3v) is 0.989. The maximum absolute atomic E-state index is 10.2. The number of carbonyl (C=O) groups is 2. The summed E-state index contributed by atoms with van der Waals surface area (Å²) < 4.78 is 4.33. The molecule has 0 aromatic rings. The van der Waals surface area contributed by atoms with Crippen LogP contribution in [0.3, 0.4) is 0 Å². The topological polar surface area (TPSA) is 43.4 Å². The van der Waals surface area contributed by atoms with E-state index in [-0.39, 0.29) is 4.43 Å². The van der Waals surface area contributed by atoms with Crippen LogP contribution in [0.25, 0.3) is 0 Å². The highest BCUT2D eigenvalue weighted by Crippen LogP contribution is 1.85. The number of carbonyl (C=O) groups excluding carboxylic acids is 2. The number of hydrogen-bond acceptors (Lipinski definition) is 3. The summed E-state index contributed by atoms with van der Waals surface area (Å²) >= 11 is 1.82. The molecule has 0 fully saturated rings. The van der Waals surface area contributed by atoms with E-state index in [1.807, 2.05) is 36.4 Å². The quantitative estimate of drug-likeness (QED) is 0.310. The van der Waals surface area contributed by atoms with Gasteiger partial charge in [0.1, 0.15) is 0 Å². The lowest BCUT2D eigenvalue weighted by Gasteiger charge is -1.91. The molecule has 0 amide bonds. The summed E-state index contributed by atoms with van der Waals surface area (Å²) in [6.45, 7) is 5.20. The van der Waals surface area contributed by atoms with E-state index in [1.165, 1.54) is 6.92 Å². The van der Waals surface area contributed by atoms with Crippen molar-refractivity contribution in [3.05, 3.63) is 0 Å². The van der Waals surface area contributed by atoms with Crippen molar-refractivity contribution < 1.29 is 14.3 Å². The molecule has 0 aromatic carbocycles. The monoisotopic (exact) mass is 258 g/mol. The summed E-state index contributed by atoms with van der Waals surface area (Å²) in [5, 5.41) is 0. The van der Waals surface area contributed by atoms with Crippen molar-refractivity contribution in [2.45, 2.75) is 20.8 Å². The van der Waals surface area contributed by atoms with Crippen molar-refractivity contribution >= 4 is 34.5 Å². The fourth-order valence-electron chi connectivity index (χ4n) is 0.188. The van der Waals surface area contributed by atoms with Gasteiger partial charge >= 0.3 is 11.9 Å². The molecule has 0 unspecified atom stereocenters. The van der Waals surface area contributed by atoms with Gasteiger partial charge in [0, 0.05) is 6.92 Å². The van der Waals surface area contributed by atoms with Gasteiger partial charge in [-0.1, -0.05) is 36.4 Å². The van der Waals surface area contributed by atoms with E-state index < -0.39 is 11.9 Å². The molecule has 0 aliphatic heterocycles. The lowest BCUT2D eigenvalue weighted by atomic mass is 10.7. The van der Waals surface area contributed by atoms with E-state index in [2.05, 4.69) is 4.74 Å². The molecule has 0 radical (unpaired) electrons. The first-order valence-electron chi connectivity index (χ1n) is 2.94. The number of esters is 2. The Balaban J connectivity index is 0. The van der Waals surface area contributed by atoms with Crippen molar-refractivity contribution in [2.24, 2.45) is 0 Å². The summed E-state index contributed by atoms with van der Waals surface area (Å²) in [4.78, 5) is 20.1. The van der Waals surface area contributed by atoms with Crippen LogP contribution in [0, 0.1) is 0 Å². The standard InChI is InChI=1S/C4H5IO3.C2H6/c1-3(6)8-4(7)2-5;1-2/h2H2,1H3;1-2H3. The van der Waals surface area contributed by atoms with Crippen LogP contribution in [0.4, 0.5) is 0 Å². The summed E-state index contributed by atoms with van der Waals surface area (Å²) in [7, 11) is 0. The Hall–Kier alpha value is -0.130. The van der Waals surface area contributed by atoms with E-state index in [0.29, 0.717) is 0 Å². The van der Waals surface area contributed by atoms with E-state index in [9.17, 15) is 9.59 Å². The summed E-state index contributed by atoms with van der Waals surface area (Å²) in [6.07, 6.45) is 0. The normalized spacial score (nSPS) is 7.20. The molecule has 0 aliphatic carbocycles. The van der Waals surface area contributed by atoms with Gasteiger partial charge in [0.2, 0.25) is 0 Å². The summed E-state index contributed by atoms with van der Waals surface area (Å²) in [5.74, 6) is -1.04. The third kappa shape index (κ3) is 10.8. The number of ether oxygens (including phenoxy) is 1. The van der Waals surface area contributed by atoms with Crippen LogP contribution in [-0.4, -0.2) is 16.4 Å². The highest BCUT2D eigenvalue weighted by Gasteiger charge is 2.00. The predicted octanol–water partition coefficient (Wildman–Crippen LogP) is 1.54. The Bertz CT molecular complexity index is 112. The number of alkyl halides is 1. The lowest BCUT2D eigenvalue weighted by Crippen LogP contribution is -2.08. The Kier molecular flexibility index (Phi) is 11.1. The Labute approximate surface area is 74.3 Å². The molecule has 0 aromatic heterocycles. The molecule has 10 heavy (non-hydrogen) atoms. The minimum absolute atomic E-state index is 0.220. The first-order chi connectivity index (χ1) is 4.66. The smallest absolute Gasteiger partial charge is 0.323 e. The first-order valence-corrected chi connectivity index (χ1v) is 4.46.